The van der Waals surface area contributed by atoms with Crippen LogP contribution in [0.4, 0.5) is 0 Å². The van der Waals surface area contributed by atoms with Gasteiger partial charge in [-0.15, -0.1) is 0 Å². The summed E-state index contributed by atoms with van der Waals surface area (Å²) in [5.74, 6) is 0.910. The lowest BCUT2D eigenvalue weighted by molar-refractivity contribution is -0.0554. The normalized spacial score (nSPS) is 19.6. The number of hydrogen-bond acceptors (Lipinski definition) is 3. The van der Waals surface area contributed by atoms with Gasteiger partial charge in [0, 0.05) is 13.1 Å². The van der Waals surface area contributed by atoms with Crippen LogP contribution in [0, 0.1) is 0 Å². The third-order valence-corrected chi connectivity index (χ3v) is 2.69. The topological polar surface area (TPSA) is 15.7 Å². The van der Waals surface area contributed by atoms with Crippen molar-refractivity contribution in [2.75, 3.05) is 27.2 Å². The van der Waals surface area contributed by atoms with Crippen LogP contribution in [0.1, 0.15) is 0 Å². The van der Waals surface area contributed by atoms with E-state index in [9.17, 15) is 0 Å². The van der Waals surface area contributed by atoms with Gasteiger partial charge in [-0.3, -0.25) is 9.80 Å². The summed E-state index contributed by atoms with van der Waals surface area (Å²) in [4.78, 5) is 4.35. The summed E-state index contributed by atoms with van der Waals surface area (Å²) in [6.45, 7) is 1.84. The minimum absolute atomic E-state index is 0.00241. The maximum Gasteiger partial charge on any atom is 0.212 e. The van der Waals surface area contributed by atoms with E-state index in [4.69, 9.17) is 4.74 Å². The Morgan fingerprint density at radius 3 is 2.12 bits per heavy atom. The first-order valence-electron chi connectivity index (χ1n) is 5.54. The Balaban J connectivity index is 2.07. The lowest BCUT2D eigenvalue weighted by atomic mass is 10.3. The third kappa shape index (κ3) is 2.62. The highest BCUT2D eigenvalue weighted by atomic mass is 16.5. The fourth-order valence-electron chi connectivity index (χ4n) is 1.80. The van der Waals surface area contributed by atoms with Crippen LogP contribution in [0.2, 0.25) is 0 Å². The zero-order valence-electron chi connectivity index (χ0n) is 9.84. The van der Waals surface area contributed by atoms with E-state index in [-0.39, 0.29) is 6.35 Å². The molecule has 0 N–H and O–H groups in total. The molecular weight excluding hydrogens is 200 g/mol. The molecule has 0 aliphatic carbocycles. The Labute approximate surface area is 96.9 Å². The number of benzene rings is 1. The molecule has 0 saturated carbocycles. The first kappa shape index (κ1) is 11.2. The summed E-state index contributed by atoms with van der Waals surface area (Å²) in [6.07, 6.45) is 4.34. The molecule has 0 fully saturated rings. The van der Waals surface area contributed by atoms with Gasteiger partial charge in [0.1, 0.15) is 5.75 Å². The van der Waals surface area contributed by atoms with Crippen LogP contribution in [-0.2, 0) is 0 Å². The van der Waals surface area contributed by atoms with Crippen molar-refractivity contribution < 1.29 is 4.74 Å². The van der Waals surface area contributed by atoms with Gasteiger partial charge in [0.2, 0.25) is 6.35 Å². The molecule has 1 aliphatic rings. The van der Waals surface area contributed by atoms with Crippen LogP contribution in [0.5, 0.6) is 5.75 Å². The Bertz CT molecular complexity index is 336. The van der Waals surface area contributed by atoms with Crippen LogP contribution in [-0.4, -0.2) is 43.3 Å². The van der Waals surface area contributed by atoms with E-state index in [0.717, 1.165) is 18.8 Å². The van der Waals surface area contributed by atoms with Crippen molar-refractivity contribution in [3.63, 3.8) is 0 Å². The van der Waals surface area contributed by atoms with Gasteiger partial charge in [-0.05, 0) is 26.2 Å². The average Bonchev–Trinajstić information content (AvgIpc) is 2.46. The minimum atomic E-state index is -0.00241. The molecule has 3 nitrogen and oxygen atoms in total. The summed E-state index contributed by atoms with van der Waals surface area (Å²) >= 11 is 0. The van der Waals surface area contributed by atoms with Crippen LogP contribution in [0.3, 0.4) is 0 Å². The largest absolute Gasteiger partial charge is 0.462 e. The molecule has 1 aliphatic heterocycles. The van der Waals surface area contributed by atoms with Gasteiger partial charge in [0.25, 0.3) is 0 Å². The summed E-state index contributed by atoms with van der Waals surface area (Å²) in [6, 6.07) is 9.95. The van der Waals surface area contributed by atoms with Gasteiger partial charge in [0.15, 0.2) is 0 Å². The highest BCUT2D eigenvalue weighted by molar-refractivity contribution is 5.21. The van der Waals surface area contributed by atoms with Crippen LogP contribution >= 0.6 is 0 Å². The van der Waals surface area contributed by atoms with E-state index in [1.165, 1.54) is 0 Å². The molecule has 0 unspecified atom stereocenters. The average molecular weight is 218 g/mol. The molecule has 0 aromatic heterocycles. The lowest BCUT2D eigenvalue weighted by Crippen LogP contribution is -2.47. The molecule has 86 valence electrons. The molecule has 0 atom stereocenters. The summed E-state index contributed by atoms with van der Waals surface area (Å²) in [5, 5.41) is 0. The van der Waals surface area contributed by atoms with Crippen molar-refractivity contribution in [2.45, 2.75) is 6.35 Å². The van der Waals surface area contributed by atoms with E-state index >= 15 is 0 Å². The highest BCUT2D eigenvalue weighted by Crippen LogP contribution is 2.15. The molecular formula is C13H18N2O. The Morgan fingerprint density at radius 2 is 1.56 bits per heavy atom. The van der Waals surface area contributed by atoms with Crippen molar-refractivity contribution >= 4 is 0 Å². The molecule has 0 spiro atoms. The van der Waals surface area contributed by atoms with Gasteiger partial charge in [-0.25, -0.2) is 0 Å². The maximum atomic E-state index is 5.97. The highest BCUT2D eigenvalue weighted by Gasteiger charge is 2.21. The van der Waals surface area contributed by atoms with Gasteiger partial charge in [-0.1, -0.05) is 30.4 Å². The smallest absolute Gasteiger partial charge is 0.212 e. The number of hydrogen-bond donors (Lipinski definition) is 0. The predicted octanol–water partition coefficient (Wildman–Crippen LogP) is 1.78. The number of para-hydroxylation sites is 1. The van der Waals surface area contributed by atoms with Gasteiger partial charge in [0.05, 0.1) is 0 Å². The van der Waals surface area contributed by atoms with E-state index in [2.05, 4.69) is 36.0 Å². The molecule has 0 amide bonds. The summed E-state index contributed by atoms with van der Waals surface area (Å²) < 4.78 is 5.97. The molecule has 1 aromatic rings. The zero-order valence-corrected chi connectivity index (χ0v) is 9.84. The SMILES string of the molecule is CN1CC=CCN(C)C1Oc1ccccc1. The van der Waals surface area contributed by atoms with Gasteiger partial charge < -0.3 is 4.74 Å². The maximum absolute atomic E-state index is 5.97. The quantitative estimate of drug-likeness (QED) is 0.704. The molecule has 1 aromatic carbocycles. The van der Waals surface area contributed by atoms with E-state index in [1.54, 1.807) is 0 Å². The minimum Gasteiger partial charge on any atom is -0.462 e. The van der Waals surface area contributed by atoms with Gasteiger partial charge >= 0.3 is 0 Å². The summed E-state index contributed by atoms with van der Waals surface area (Å²) in [5.41, 5.74) is 0. The van der Waals surface area contributed by atoms with Crippen molar-refractivity contribution in [3.05, 3.63) is 42.5 Å². The number of likely N-dealkylation sites (N-methyl/N-ethyl adjacent to an activating group) is 2. The second-order valence-corrected chi connectivity index (χ2v) is 4.11. The Kier molecular flexibility index (Phi) is 3.59. The second kappa shape index (κ2) is 5.14. The lowest BCUT2D eigenvalue weighted by Gasteiger charge is -2.32. The number of rotatable bonds is 2. The Morgan fingerprint density at radius 1 is 1.00 bits per heavy atom. The fourth-order valence-corrected chi connectivity index (χ4v) is 1.80. The molecule has 0 radical (unpaired) electrons. The molecule has 2 rings (SSSR count). The monoisotopic (exact) mass is 218 g/mol. The van der Waals surface area contributed by atoms with E-state index < -0.39 is 0 Å². The standard InChI is InChI=1S/C13H18N2O/c1-14-10-6-7-11-15(2)13(14)16-12-8-4-3-5-9-12/h3-9,13H,10-11H2,1-2H3. The third-order valence-electron chi connectivity index (χ3n) is 2.69. The molecule has 0 bridgehead atoms. The van der Waals surface area contributed by atoms with Crippen LogP contribution < -0.4 is 4.74 Å². The number of ether oxygens (including phenoxy) is 1. The molecule has 3 heteroatoms. The first-order valence-corrected chi connectivity index (χ1v) is 5.54. The Hall–Kier alpha value is -1.32. The molecule has 1 heterocycles. The molecule has 0 saturated heterocycles. The van der Waals surface area contributed by atoms with Crippen molar-refractivity contribution in [1.82, 2.24) is 9.80 Å². The second-order valence-electron chi connectivity index (χ2n) is 4.11. The van der Waals surface area contributed by atoms with Crippen molar-refractivity contribution in [3.8, 4) is 5.75 Å². The predicted molar refractivity (Wildman–Crippen MR) is 65.3 cm³/mol. The first-order chi connectivity index (χ1) is 7.77. The van der Waals surface area contributed by atoms with Crippen LogP contribution in [0.25, 0.3) is 0 Å². The zero-order chi connectivity index (χ0) is 11.4. The fraction of sp³-hybridized carbons (Fsp3) is 0.385. The van der Waals surface area contributed by atoms with E-state index in [0.29, 0.717) is 0 Å². The summed E-state index contributed by atoms with van der Waals surface area (Å²) in [7, 11) is 4.14. The van der Waals surface area contributed by atoms with Crippen molar-refractivity contribution in [2.24, 2.45) is 0 Å². The van der Waals surface area contributed by atoms with E-state index in [1.807, 2.05) is 30.3 Å². The molecule has 16 heavy (non-hydrogen) atoms. The van der Waals surface area contributed by atoms with Crippen molar-refractivity contribution in [1.29, 1.82) is 0 Å². The number of nitrogens with zero attached hydrogens (tertiary/aromatic N) is 2. The van der Waals surface area contributed by atoms with Gasteiger partial charge in [-0.2, -0.15) is 0 Å². The van der Waals surface area contributed by atoms with Crippen LogP contribution in [0.15, 0.2) is 42.5 Å².